The molecule has 0 spiro atoms. The lowest BCUT2D eigenvalue weighted by Crippen LogP contribution is -2.25. The highest BCUT2D eigenvalue weighted by atomic mass is 35.5. The van der Waals surface area contributed by atoms with Crippen molar-refractivity contribution in [3.63, 3.8) is 0 Å². The molecule has 0 bridgehead atoms. The third-order valence-electron chi connectivity index (χ3n) is 1.97. The van der Waals surface area contributed by atoms with Crippen LogP contribution in [-0.2, 0) is 0 Å². The van der Waals surface area contributed by atoms with Gasteiger partial charge < -0.3 is 5.32 Å². The summed E-state index contributed by atoms with van der Waals surface area (Å²) in [5.41, 5.74) is -0.364. The molecule has 0 fully saturated rings. The van der Waals surface area contributed by atoms with Crippen LogP contribution in [0.5, 0.6) is 0 Å². The van der Waals surface area contributed by atoms with Gasteiger partial charge in [0.2, 0.25) is 0 Å². The van der Waals surface area contributed by atoms with Crippen molar-refractivity contribution in [1.82, 2.24) is 5.32 Å². The van der Waals surface area contributed by atoms with Crippen LogP contribution in [0.1, 0.15) is 23.7 Å². The summed E-state index contributed by atoms with van der Waals surface area (Å²) in [6.45, 7) is 1.96. The van der Waals surface area contributed by atoms with Crippen molar-refractivity contribution in [2.24, 2.45) is 0 Å². The van der Waals surface area contributed by atoms with Gasteiger partial charge in [0.05, 0.1) is 10.6 Å². The number of rotatable bonds is 3. The van der Waals surface area contributed by atoms with Crippen molar-refractivity contribution >= 4 is 17.5 Å². The van der Waals surface area contributed by atoms with Crippen molar-refractivity contribution < 1.29 is 13.6 Å². The van der Waals surface area contributed by atoms with Crippen molar-refractivity contribution in [2.45, 2.75) is 13.3 Å². The molecule has 0 saturated heterocycles. The van der Waals surface area contributed by atoms with E-state index in [2.05, 4.69) is 17.2 Å². The molecular formula is C12H10ClF2NO. The fourth-order valence-electron chi connectivity index (χ4n) is 1.16. The maximum absolute atomic E-state index is 13.3. The van der Waals surface area contributed by atoms with Gasteiger partial charge in [-0.15, -0.1) is 11.8 Å². The molecule has 5 heteroatoms. The first kappa shape index (κ1) is 13.5. The molecule has 1 aromatic rings. The summed E-state index contributed by atoms with van der Waals surface area (Å²) in [7, 11) is 0. The second kappa shape index (κ2) is 6.21. The molecule has 0 aliphatic rings. The van der Waals surface area contributed by atoms with Crippen LogP contribution in [0.15, 0.2) is 12.1 Å². The minimum atomic E-state index is -0.851. The fraction of sp³-hybridized carbons (Fsp3) is 0.250. The lowest BCUT2D eigenvalue weighted by molar-refractivity contribution is 0.0950. The molecule has 0 heterocycles. The van der Waals surface area contributed by atoms with E-state index in [-0.39, 0.29) is 17.1 Å². The van der Waals surface area contributed by atoms with Crippen molar-refractivity contribution in [3.05, 3.63) is 34.4 Å². The Morgan fingerprint density at radius 3 is 2.76 bits per heavy atom. The highest BCUT2D eigenvalue weighted by molar-refractivity contribution is 6.30. The molecule has 0 saturated carbocycles. The summed E-state index contributed by atoms with van der Waals surface area (Å²) in [6, 6.07) is 1.55. The van der Waals surface area contributed by atoms with Gasteiger partial charge in [-0.05, 0) is 19.1 Å². The minimum absolute atomic E-state index is 0.281. The van der Waals surface area contributed by atoms with Gasteiger partial charge in [0.15, 0.2) is 0 Å². The van der Waals surface area contributed by atoms with E-state index in [9.17, 15) is 13.6 Å². The number of amides is 1. The first-order valence-corrected chi connectivity index (χ1v) is 5.26. The lowest BCUT2D eigenvalue weighted by Gasteiger charge is -2.05. The molecule has 0 aliphatic carbocycles. The van der Waals surface area contributed by atoms with Gasteiger partial charge in [0, 0.05) is 13.0 Å². The maximum Gasteiger partial charge on any atom is 0.254 e. The number of nitrogens with one attached hydrogen (secondary N) is 1. The fourth-order valence-corrected chi connectivity index (χ4v) is 1.31. The van der Waals surface area contributed by atoms with E-state index < -0.39 is 17.5 Å². The van der Waals surface area contributed by atoms with Crippen molar-refractivity contribution in [3.8, 4) is 11.8 Å². The Morgan fingerprint density at radius 1 is 1.41 bits per heavy atom. The smallest absolute Gasteiger partial charge is 0.254 e. The van der Waals surface area contributed by atoms with Crippen LogP contribution >= 0.6 is 11.6 Å². The van der Waals surface area contributed by atoms with E-state index >= 15 is 0 Å². The Balaban J connectivity index is 2.74. The van der Waals surface area contributed by atoms with Crippen LogP contribution in [0.4, 0.5) is 8.78 Å². The monoisotopic (exact) mass is 257 g/mol. The number of carbonyl (C=O) groups excluding carboxylic acids is 1. The van der Waals surface area contributed by atoms with E-state index in [0.29, 0.717) is 6.42 Å². The molecule has 90 valence electrons. The average Bonchev–Trinajstić information content (AvgIpc) is 2.29. The van der Waals surface area contributed by atoms with E-state index in [1.54, 1.807) is 6.92 Å². The molecule has 0 aromatic heterocycles. The lowest BCUT2D eigenvalue weighted by atomic mass is 10.2. The van der Waals surface area contributed by atoms with Gasteiger partial charge >= 0.3 is 0 Å². The van der Waals surface area contributed by atoms with Gasteiger partial charge in [-0.2, -0.15) is 0 Å². The Labute approximate surface area is 103 Å². The molecule has 0 aliphatic heterocycles. The van der Waals surface area contributed by atoms with E-state index in [0.717, 1.165) is 12.1 Å². The largest absolute Gasteiger partial charge is 0.351 e. The topological polar surface area (TPSA) is 29.1 Å². The summed E-state index contributed by atoms with van der Waals surface area (Å²) in [5, 5.41) is 2.08. The van der Waals surface area contributed by atoms with Gasteiger partial charge in [-0.1, -0.05) is 11.6 Å². The minimum Gasteiger partial charge on any atom is -0.351 e. The second-order valence-corrected chi connectivity index (χ2v) is 3.59. The molecular weight excluding hydrogens is 248 g/mol. The van der Waals surface area contributed by atoms with E-state index in [1.165, 1.54) is 0 Å². The van der Waals surface area contributed by atoms with Crippen molar-refractivity contribution in [1.29, 1.82) is 0 Å². The summed E-state index contributed by atoms with van der Waals surface area (Å²) in [4.78, 5) is 11.5. The summed E-state index contributed by atoms with van der Waals surface area (Å²) >= 11 is 5.37. The number of hydrogen-bond donors (Lipinski definition) is 1. The molecule has 0 unspecified atom stereocenters. The predicted octanol–water partition coefficient (Wildman–Crippen LogP) is 2.76. The predicted molar refractivity (Wildman–Crippen MR) is 61.8 cm³/mol. The van der Waals surface area contributed by atoms with Crippen LogP contribution in [0.25, 0.3) is 0 Å². The normalized spacial score (nSPS) is 9.41. The van der Waals surface area contributed by atoms with Gasteiger partial charge in [-0.25, -0.2) is 8.78 Å². The number of hydrogen-bond acceptors (Lipinski definition) is 1. The van der Waals surface area contributed by atoms with Crippen LogP contribution in [0, 0.1) is 23.5 Å². The Kier molecular flexibility index (Phi) is 4.92. The van der Waals surface area contributed by atoms with Crippen LogP contribution < -0.4 is 5.32 Å². The zero-order valence-corrected chi connectivity index (χ0v) is 9.87. The highest BCUT2D eigenvalue weighted by Crippen LogP contribution is 2.19. The second-order valence-electron chi connectivity index (χ2n) is 3.18. The molecule has 1 aromatic carbocycles. The van der Waals surface area contributed by atoms with E-state index in [1.807, 2.05) is 0 Å². The zero-order chi connectivity index (χ0) is 12.8. The molecule has 1 rings (SSSR count). The molecule has 2 nitrogen and oxygen atoms in total. The first-order valence-electron chi connectivity index (χ1n) is 4.88. The third kappa shape index (κ3) is 3.72. The third-order valence-corrected chi connectivity index (χ3v) is 2.26. The van der Waals surface area contributed by atoms with Crippen LogP contribution in [0.3, 0.4) is 0 Å². The Morgan fingerprint density at radius 2 is 2.12 bits per heavy atom. The molecule has 1 amide bonds. The van der Waals surface area contributed by atoms with Crippen LogP contribution in [0.2, 0.25) is 5.02 Å². The van der Waals surface area contributed by atoms with Gasteiger partial charge in [-0.3, -0.25) is 4.79 Å². The summed E-state index contributed by atoms with van der Waals surface area (Å²) < 4.78 is 26.4. The molecule has 0 radical (unpaired) electrons. The summed E-state index contributed by atoms with van der Waals surface area (Å²) in [6.07, 6.45) is 0.458. The molecule has 1 N–H and O–H groups in total. The van der Waals surface area contributed by atoms with E-state index in [4.69, 9.17) is 11.6 Å². The van der Waals surface area contributed by atoms with Crippen molar-refractivity contribution in [2.75, 3.05) is 6.54 Å². The maximum atomic E-state index is 13.3. The Bertz CT molecular complexity index is 491. The molecule has 17 heavy (non-hydrogen) atoms. The summed E-state index contributed by atoms with van der Waals surface area (Å²) in [5.74, 6) is 3.03. The standard InChI is InChI=1S/C12H10ClF2NO/c1-2-3-4-5-16-12(17)8-6-11(15)9(13)7-10(8)14/h6-7H,4-5H2,1H3,(H,16,17). The number of carbonyl (C=O) groups is 1. The number of halogens is 3. The van der Waals surface area contributed by atoms with Gasteiger partial charge in [0.25, 0.3) is 5.91 Å². The number of benzene rings is 1. The average molecular weight is 258 g/mol. The Hall–Kier alpha value is -1.60. The zero-order valence-electron chi connectivity index (χ0n) is 9.11. The van der Waals surface area contributed by atoms with Crippen LogP contribution in [-0.4, -0.2) is 12.5 Å². The highest BCUT2D eigenvalue weighted by Gasteiger charge is 2.14. The molecule has 0 atom stereocenters. The SMILES string of the molecule is CC#CCCNC(=O)c1cc(F)c(Cl)cc1F. The van der Waals surface area contributed by atoms with Gasteiger partial charge in [0.1, 0.15) is 11.6 Å². The quantitative estimate of drug-likeness (QED) is 0.504. The first-order chi connectivity index (χ1) is 8.06.